The first kappa shape index (κ1) is 16.7. The maximum absolute atomic E-state index is 12.5. The largest absolute Gasteiger partial charge is 0.464 e. The number of aryl methyl sites for hydroxylation is 1. The van der Waals surface area contributed by atoms with Crippen LogP contribution in [0, 0.1) is 6.92 Å². The molecule has 0 unspecified atom stereocenters. The Labute approximate surface area is 162 Å². The predicted molar refractivity (Wildman–Crippen MR) is 107 cm³/mol. The first-order chi connectivity index (χ1) is 13.7. The molecule has 0 aliphatic heterocycles. The van der Waals surface area contributed by atoms with Gasteiger partial charge in [-0.15, -0.1) is 0 Å². The van der Waals surface area contributed by atoms with Crippen LogP contribution in [0.5, 0.6) is 0 Å². The monoisotopic (exact) mass is 372 g/mol. The number of rotatable bonds is 5. The second-order valence-corrected chi connectivity index (χ2v) is 7.38. The Morgan fingerprint density at radius 3 is 3.00 bits per heavy atom. The SMILES string of the molecule is Cc1ccc2c(CC(=O)Nc3cccc(-c4n[nH]c(C5CC5)n4)c3)coc2c1. The van der Waals surface area contributed by atoms with Crippen LogP contribution in [-0.2, 0) is 11.2 Å². The number of carbonyl (C=O) groups is 1. The first-order valence-electron chi connectivity index (χ1n) is 9.45. The molecule has 1 amide bonds. The van der Waals surface area contributed by atoms with Gasteiger partial charge in [-0.25, -0.2) is 4.98 Å². The molecular formula is C22H20N4O2. The number of hydrogen-bond acceptors (Lipinski definition) is 4. The van der Waals surface area contributed by atoms with Crippen LogP contribution in [0.2, 0.25) is 0 Å². The zero-order valence-corrected chi connectivity index (χ0v) is 15.5. The van der Waals surface area contributed by atoms with Crippen molar-refractivity contribution in [2.75, 3.05) is 5.32 Å². The molecule has 1 saturated carbocycles. The maximum Gasteiger partial charge on any atom is 0.228 e. The third-order valence-corrected chi connectivity index (χ3v) is 5.03. The van der Waals surface area contributed by atoms with Crippen molar-refractivity contribution in [1.82, 2.24) is 15.2 Å². The summed E-state index contributed by atoms with van der Waals surface area (Å²) in [4.78, 5) is 17.1. The number of hydrogen-bond donors (Lipinski definition) is 2. The number of anilines is 1. The smallest absolute Gasteiger partial charge is 0.228 e. The van der Waals surface area contributed by atoms with Gasteiger partial charge in [0.05, 0.1) is 12.7 Å². The minimum atomic E-state index is -0.0888. The number of fused-ring (bicyclic) bond motifs is 1. The summed E-state index contributed by atoms with van der Waals surface area (Å²) < 4.78 is 5.58. The van der Waals surface area contributed by atoms with Crippen LogP contribution in [-0.4, -0.2) is 21.1 Å². The lowest BCUT2D eigenvalue weighted by Crippen LogP contribution is -2.14. The molecule has 140 valence electrons. The van der Waals surface area contributed by atoms with E-state index < -0.39 is 0 Å². The number of furan rings is 1. The summed E-state index contributed by atoms with van der Waals surface area (Å²) in [6, 6.07) is 13.6. The molecule has 0 radical (unpaired) electrons. The van der Waals surface area contributed by atoms with Gasteiger partial charge in [-0.1, -0.05) is 24.3 Å². The van der Waals surface area contributed by atoms with Crippen molar-refractivity contribution in [1.29, 1.82) is 0 Å². The van der Waals surface area contributed by atoms with Gasteiger partial charge in [0, 0.05) is 28.1 Å². The van der Waals surface area contributed by atoms with E-state index in [4.69, 9.17) is 4.42 Å². The van der Waals surface area contributed by atoms with Crippen LogP contribution in [0.3, 0.4) is 0 Å². The molecule has 5 rings (SSSR count). The van der Waals surface area contributed by atoms with Gasteiger partial charge in [0.1, 0.15) is 11.4 Å². The lowest BCUT2D eigenvalue weighted by atomic mass is 10.1. The number of carbonyl (C=O) groups excluding carboxylic acids is 1. The lowest BCUT2D eigenvalue weighted by molar-refractivity contribution is -0.115. The second kappa shape index (κ2) is 6.64. The number of aromatic nitrogens is 3. The second-order valence-electron chi connectivity index (χ2n) is 7.38. The number of aromatic amines is 1. The van der Waals surface area contributed by atoms with E-state index in [1.165, 1.54) is 12.8 Å². The van der Waals surface area contributed by atoms with E-state index in [0.29, 0.717) is 11.7 Å². The summed E-state index contributed by atoms with van der Waals surface area (Å²) in [6.45, 7) is 2.02. The molecule has 0 atom stereocenters. The summed E-state index contributed by atoms with van der Waals surface area (Å²) in [6.07, 6.45) is 4.26. The van der Waals surface area contributed by atoms with Crippen LogP contribution in [0.4, 0.5) is 5.69 Å². The third-order valence-electron chi connectivity index (χ3n) is 5.03. The van der Waals surface area contributed by atoms with Gasteiger partial charge < -0.3 is 9.73 Å². The molecule has 0 spiro atoms. The molecule has 1 aliphatic carbocycles. The van der Waals surface area contributed by atoms with E-state index in [9.17, 15) is 4.79 Å². The standard InChI is InChI=1S/C22H20N4O2/c1-13-5-8-18-16(12-28-19(18)9-13)11-20(27)23-17-4-2-3-15(10-17)22-24-21(25-26-22)14-6-7-14/h2-5,8-10,12,14H,6-7,11H2,1H3,(H,23,27)(H,24,25,26). The zero-order chi connectivity index (χ0) is 19.1. The fourth-order valence-corrected chi connectivity index (χ4v) is 3.38. The van der Waals surface area contributed by atoms with Crippen LogP contribution >= 0.6 is 0 Å². The Bertz CT molecular complexity index is 1170. The van der Waals surface area contributed by atoms with Gasteiger partial charge in [0.25, 0.3) is 0 Å². The highest BCUT2D eigenvalue weighted by Crippen LogP contribution is 2.38. The Morgan fingerprint density at radius 1 is 1.25 bits per heavy atom. The summed E-state index contributed by atoms with van der Waals surface area (Å²) in [5.41, 5.74) is 4.42. The molecule has 2 heterocycles. The fourth-order valence-electron chi connectivity index (χ4n) is 3.38. The Morgan fingerprint density at radius 2 is 2.14 bits per heavy atom. The molecule has 2 N–H and O–H groups in total. The van der Waals surface area contributed by atoms with E-state index in [1.54, 1.807) is 6.26 Å². The summed E-state index contributed by atoms with van der Waals surface area (Å²) in [7, 11) is 0. The van der Waals surface area contributed by atoms with Crippen molar-refractivity contribution in [2.45, 2.75) is 32.1 Å². The average Bonchev–Trinajstić information content (AvgIpc) is 3.29. The molecular weight excluding hydrogens is 352 g/mol. The number of benzene rings is 2. The van der Waals surface area contributed by atoms with Gasteiger partial charge in [0.15, 0.2) is 5.82 Å². The normalized spacial score (nSPS) is 13.8. The number of nitrogens with zero attached hydrogens (tertiary/aromatic N) is 2. The molecule has 2 aromatic carbocycles. The van der Waals surface area contributed by atoms with Crippen LogP contribution in [0.25, 0.3) is 22.4 Å². The van der Waals surface area contributed by atoms with Crippen LogP contribution in [0.1, 0.15) is 35.7 Å². The first-order valence-corrected chi connectivity index (χ1v) is 9.45. The molecule has 28 heavy (non-hydrogen) atoms. The average molecular weight is 372 g/mol. The van der Waals surface area contributed by atoms with Crippen molar-refractivity contribution in [3.8, 4) is 11.4 Å². The number of amides is 1. The quantitative estimate of drug-likeness (QED) is 0.537. The lowest BCUT2D eigenvalue weighted by Gasteiger charge is -2.06. The highest BCUT2D eigenvalue weighted by atomic mass is 16.3. The van der Waals surface area contributed by atoms with Crippen molar-refractivity contribution in [2.24, 2.45) is 0 Å². The van der Waals surface area contributed by atoms with Crippen molar-refractivity contribution in [3.63, 3.8) is 0 Å². The zero-order valence-electron chi connectivity index (χ0n) is 15.5. The Hall–Kier alpha value is -3.41. The van der Waals surface area contributed by atoms with Crippen LogP contribution in [0.15, 0.2) is 53.1 Å². The summed E-state index contributed by atoms with van der Waals surface area (Å²) in [5.74, 6) is 2.05. The van der Waals surface area contributed by atoms with E-state index in [2.05, 4.69) is 20.5 Å². The third kappa shape index (κ3) is 3.29. The molecule has 0 bridgehead atoms. The molecule has 6 heteroatoms. The highest BCUT2D eigenvalue weighted by molar-refractivity contribution is 5.95. The van der Waals surface area contributed by atoms with Crippen LogP contribution < -0.4 is 5.32 Å². The maximum atomic E-state index is 12.5. The summed E-state index contributed by atoms with van der Waals surface area (Å²) >= 11 is 0. The topological polar surface area (TPSA) is 83.8 Å². The van der Waals surface area contributed by atoms with Gasteiger partial charge in [-0.05, 0) is 43.5 Å². The van der Waals surface area contributed by atoms with E-state index in [0.717, 1.165) is 39.2 Å². The Kier molecular flexibility index (Phi) is 3.97. The van der Waals surface area contributed by atoms with E-state index >= 15 is 0 Å². The van der Waals surface area contributed by atoms with E-state index in [-0.39, 0.29) is 12.3 Å². The van der Waals surface area contributed by atoms with Gasteiger partial charge >= 0.3 is 0 Å². The molecule has 6 nitrogen and oxygen atoms in total. The number of nitrogens with one attached hydrogen (secondary N) is 2. The van der Waals surface area contributed by atoms with Crippen molar-refractivity contribution < 1.29 is 9.21 Å². The molecule has 2 aromatic heterocycles. The minimum absolute atomic E-state index is 0.0888. The van der Waals surface area contributed by atoms with Gasteiger partial charge in [0.2, 0.25) is 5.91 Å². The van der Waals surface area contributed by atoms with Gasteiger partial charge in [-0.2, -0.15) is 5.10 Å². The molecule has 1 fully saturated rings. The predicted octanol–water partition coefficient (Wildman–Crippen LogP) is 4.58. The molecule has 0 saturated heterocycles. The fraction of sp³-hybridized carbons (Fsp3) is 0.227. The van der Waals surface area contributed by atoms with E-state index in [1.807, 2.05) is 49.4 Å². The minimum Gasteiger partial charge on any atom is -0.464 e. The van der Waals surface area contributed by atoms with Gasteiger partial charge in [-0.3, -0.25) is 9.89 Å². The van der Waals surface area contributed by atoms with Crippen molar-refractivity contribution in [3.05, 3.63) is 65.7 Å². The Balaban J connectivity index is 1.31. The highest BCUT2D eigenvalue weighted by Gasteiger charge is 2.27. The number of H-pyrrole nitrogens is 1. The van der Waals surface area contributed by atoms with Crippen molar-refractivity contribution >= 4 is 22.6 Å². The molecule has 4 aromatic rings. The molecule has 1 aliphatic rings. The summed E-state index contributed by atoms with van der Waals surface area (Å²) in [5, 5.41) is 11.3.